The number of amides is 1. The van der Waals surface area contributed by atoms with Crippen LogP contribution in [-0.4, -0.2) is 28.9 Å². The van der Waals surface area contributed by atoms with Gasteiger partial charge in [-0.15, -0.1) is 0 Å². The molecule has 86 valence electrons. The molecule has 2 N–H and O–H groups in total. The first-order valence-corrected chi connectivity index (χ1v) is 4.74. The summed E-state index contributed by atoms with van der Waals surface area (Å²) in [5.41, 5.74) is 0. The van der Waals surface area contributed by atoms with Crippen molar-refractivity contribution in [1.82, 2.24) is 5.32 Å². The first kappa shape index (κ1) is 11.9. The molecule has 1 aliphatic rings. The molecule has 0 radical (unpaired) electrons. The van der Waals surface area contributed by atoms with Crippen LogP contribution in [0.4, 0.5) is 8.78 Å². The predicted molar refractivity (Wildman–Crippen MR) is 47.5 cm³/mol. The van der Waals surface area contributed by atoms with Crippen molar-refractivity contribution in [3.63, 3.8) is 0 Å². The van der Waals surface area contributed by atoms with Crippen molar-refractivity contribution < 1.29 is 23.5 Å². The number of nitrogens with one attached hydrogen (secondary N) is 1. The average molecular weight is 221 g/mol. The Bertz CT molecular complexity index is 275. The molecule has 0 aromatic carbocycles. The number of aliphatic carboxylic acids is 1. The van der Waals surface area contributed by atoms with Crippen molar-refractivity contribution >= 4 is 11.9 Å². The highest BCUT2D eigenvalue weighted by Gasteiger charge is 2.39. The molecule has 0 spiro atoms. The van der Waals surface area contributed by atoms with Gasteiger partial charge in [-0.3, -0.25) is 9.59 Å². The molecule has 15 heavy (non-hydrogen) atoms. The summed E-state index contributed by atoms with van der Waals surface area (Å²) < 4.78 is 25.1. The van der Waals surface area contributed by atoms with Gasteiger partial charge < -0.3 is 10.4 Å². The minimum absolute atomic E-state index is 0.426. The number of carbonyl (C=O) groups is 2. The zero-order valence-corrected chi connectivity index (χ0v) is 8.30. The molecule has 1 amide bonds. The third-order valence-corrected chi connectivity index (χ3v) is 2.55. The third-order valence-electron chi connectivity index (χ3n) is 2.55. The van der Waals surface area contributed by atoms with Gasteiger partial charge in [0.1, 0.15) is 0 Å². The standard InChI is InChI=1S/C9H13F2NO3/c1-9(10,11)8(15)12-6-4-2-3-5(6)7(13)14/h5-6H,2-4H2,1H3,(H,12,15)(H,13,14)/t5-,6+/m0/s1. The number of alkyl halides is 2. The van der Waals surface area contributed by atoms with Crippen LogP contribution in [0, 0.1) is 5.92 Å². The van der Waals surface area contributed by atoms with Gasteiger partial charge in [0.05, 0.1) is 5.92 Å². The molecule has 0 saturated heterocycles. The maximum atomic E-state index is 12.5. The SMILES string of the molecule is CC(F)(F)C(=O)N[C@@H]1CCC[C@@H]1C(=O)O. The molecule has 1 saturated carbocycles. The zero-order chi connectivity index (χ0) is 11.6. The van der Waals surface area contributed by atoms with Crippen molar-refractivity contribution in [3.05, 3.63) is 0 Å². The van der Waals surface area contributed by atoms with Crippen molar-refractivity contribution in [2.75, 3.05) is 0 Å². The van der Waals surface area contributed by atoms with E-state index in [0.29, 0.717) is 26.2 Å². The summed E-state index contributed by atoms with van der Waals surface area (Å²) in [6.07, 6.45) is 1.51. The second-order valence-electron chi connectivity index (χ2n) is 3.84. The number of rotatable bonds is 3. The zero-order valence-electron chi connectivity index (χ0n) is 8.30. The van der Waals surface area contributed by atoms with Crippen LogP contribution >= 0.6 is 0 Å². The fraction of sp³-hybridized carbons (Fsp3) is 0.778. The fourth-order valence-corrected chi connectivity index (χ4v) is 1.72. The molecule has 0 aliphatic heterocycles. The monoisotopic (exact) mass is 221 g/mol. The van der Waals surface area contributed by atoms with Gasteiger partial charge >= 0.3 is 11.9 Å². The number of carboxylic acid groups (broad SMARTS) is 1. The van der Waals surface area contributed by atoms with E-state index in [1.165, 1.54) is 0 Å². The quantitative estimate of drug-likeness (QED) is 0.747. The van der Waals surface area contributed by atoms with Crippen LogP contribution in [0.3, 0.4) is 0 Å². The van der Waals surface area contributed by atoms with Gasteiger partial charge in [0.25, 0.3) is 5.91 Å². The Morgan fingerprint density at radius 1 is 1.40 bits per heavy atom. The van der Waals surface area contributed by atoms with E-state index in [4.69, 9.17) is 5.11 Å². The Labute approximate surface area is 85.7 Å². The van der Waals surface area contributed by atoms with Gasteiger partial charge in [-0.05, 0) is 12.8 Å². The van der Waals surface area contributed by atoms with E-state index < -0.39 is 29.8 Å². The molecule has 1 fully saturated rings. The van der Waals surface area contributed by atoms with E-state index in [9.17, 15) is 18.4 Å². The summed E-state index contributed by atoms with van der Waals surface area (Å²) in [4.78, 5) is 21.6. The normalized spacial score (nSPS) is 26.3. The highest BCUT2D eigenvalue weighted by Crippen LogP contribution is 2.26. The van der Waals surface area contributed by atoms with Crippen LogP contribution in [0.5, 0.6) is 0 Å². The van der Waals surface area contributed by atoms with E-state index in [0.717, 1.165) is 0 Å². The van der Waals surface area contributed by atoms with E-state index >= 15 is 0 Å². The highest BCUT2D eigenvalue weighted by atomic mass is 19.3. The van der Waals surface area contributed by atoms with Gasteiger partial charge in [0.2, 0.25) is 0 Å². The maximum Gasteiger partial charge on any atom is 0.321 e. The first-order chi connectivity index (χ1) is 6.82. The molecular formula is C9H13F2NO3. The van der Waals surface area contributed by atoms with Gasteiger partial charge in [-0.2, -0.15) is 8.78 Å². The van der Waals surface area contributed by atoms with E-state index in [1.807, 2.05) is 0 Å². The lowest BCUT2D eigenvalue weighted by molar-refractivity contribution is -0.146. The van der Waals surface area contributed by atoms with Gasteiger partial charge in [-0.25, -0.2) is 0 Å². The van der Waals surface area contributed by atoms with E-state index in [1.54, 1.807) is 0 Å². The Morgan fingerprint density at radius 2 is 2.00 bits per heavy atom. The Kier molecular flexibility index (Phi) is 3.26. The number of hydrogen-bond acceptors (Lipinski definition) is 2. The molecule has 1 aliphatic carbocycles. The predicted octanol–water partition coefficient (Wildman–Crippen LogP) is 1.01. The number of halogens is 2. The second kappa shape index (κ2) is 4.12. The van der Waals surface area contributed by atoms with E-state index in [2.05, 4.69) is 5.32 Å². The molecule has 4 nitrogen and oxygen atoms in total. The summed E-state index contributed by atoms with van der Waals surface area (Å²) in [6.45, 7) is 0.493. The molecular weight excluding hydrogens is 208 g/mol. The average Bonchev–Trinajstić information content (AvgIpc) is 2.50. The van der Waals surface area contributed by atoms with Gasteiger partial charge in [-0.1, -0.05) is 6.42 Å². The van der Waals surface area contributed by atoms with Crippen molar-refractivity contribution in [2.45, 2.75) is 38.2 Å². The van der Waals surface area contributed by atoms with Crippen LogP contribution in [0.2, 0.25) is 0 Å². The smallest absolute Gasteiger partial charge is 0.321 e. The molecule has 0 aromatic heterocycles. The Hall–Kier alpha value is -1.20. The second-order valence-corrected chi connectivity index (χ2v) is 3.84. The third kappa shape index (κ3) is 2.87. The molecule has 0 bridgehead atoms. The minimum Gasteiger partial charge on any atom is -0.481 e. The van der Waals surface area contributed by atoms with Crippen molar-refractivity contribution in [3.8, 4) is 0 Å². The van der Waals surface area contributed by atoms with Crippen LogP contribution in [0.1, 0.15) is 26.2 Å². The lowest BCUT2D eigenvalue weighted by atomic mass is 10.0. The van der Waals surface area contributed by atoms with Crippen LogP contribution in [0.15, 0.2) is 0 Å². The summed E-state index contributed by atoms with van der Waals surface area (Å²) >= 11 is 0. The number of carboxylic acids is 1. The van der Waals surface area contributed by atoms with E-state index in [-0.39, 0.29) is 0 Å². The summed E-state index contributed by atoms with van der Waals surface area (Å²) in [6, 6.07) is -0.666. The van der Waals surface area contributed by atoms with Crippen LogP contribution in [0.25, 0.3) is 0 Å². The molecule has 0 unspecified atom stereocenters. The molecule has 2 atom stereocenters. The molecule has 0 aromatic rings. The lowest BCUT2D eigenvalue weighted by Gasteiger charge is -2.19. The molecule has 1 rings (SSSR count). The topological polar surface area (TPSA) is 66.4 Å². The molecule has 0 heterocycles. The highest BCUT2D eigenvalue weighted by molar-refractivity contribution is 5.84. The summed E-state index contributed by atoms with van der Waals surface area (Å²) in [5.74, 6) is -6.64. The summed E-state index contributed by atoms with van der Waals surface area (Å²) in [5, 5.41) is 10.8. The Morgan fingerprint density at radius 3 is 2.47 bits per heavy atom. The minimum atomic E-state index is -3.45. The fourth-order valence-electron chi connectivity index (χ4n) is 1.72. The molecule has 6 heteroatoms. The summed E-state index contributed by atoms with van der Waals surface area (Å²) in [7, 11) is 0. The van der Waals surface area contributed by atoms with Crippen LogP contribution < -0.4 is 5.32 Å². The van der Waals surface area contributed by atoms with Crippen molar-refractivity contribution in [1.29, 1.82) is 0 Å². The Balaban J connectivity index is 2.58. The van der Waals surface area contributed by atoms with Gasteiger partial charge in [0.15, 0.2) is 0 Å². The maximum absolute atomic E-state index is 12.5. The number of hydrogen-bond donors (Lipinski definition) is 2. The number of carbonyl (C=O) groups excluding carboxylic acids is 1. The largest absolute Gasteiger partial charge is 0.481 e. The first-order valence-electron chi connectivity index (χ1n) is 4.74. The van der Waals surface area contributed by atoms with Crippen molar-refractivity contribution in [2.24, 2.45) is 5.92 Å². The van der Waals surface area contributed by atoms with Crippen LogP contribution in [-0.2, 0) is 9.59 Å². The lowest BCUT2D eigenvalue weighted by Crippen LogP contribution is -2.46. The van der Waals surface area contributed by atoms with Gasteiger partial charge in [0, 0.05) is 13.0 Å².